The Kier molecular flexibility index (Phi) is 9.33. The van der Waals surface area contributed by atoms with Gasteiger partial charge in [-0.25, -0.2) is 14.4 Å². The topological polar surface area (TPSA) is 186 Å². The maximum absolute atomic E-state index is 10.2. The van der Waals surface area contributed by atoms with Gasteiger partial charge in [0, 0.05) is 11.6 Å². The quantitative estimate of drug-likeness (QED) is 0.389. The first-order valence-corrected chi connectivity index (χ1v) is 4.98. The molecule has 0 aliphatic carbocycles. The Bertz CT molecular complexity index is 499. The van der Waals surface area contributed by atoms with Crippen molar-refractivity contribution in [3.8, 4) is 0 Å². The van der Waals surface area contributed by atoms with Crippen molar-refractivity contribution in [1.29, 1.82) is 0 Å². The van der Waals surface area contributed by atoms with Gasteiger partial charge in [-0.15, -0.1) is 0 Å². The Morgan fingerprint density at radius 2 is 1.19 bits per heavy atom. The van der Waals surface area contributed by atoms with E-state index in [1.807, 2.05) is 0 Å². The number of hydrogen-bond acceptors (Lipinski definition) is 5. The van der Waals surface area contributed by atoms with Gasteiger partial charge in [0.15, 0.2) is 0 Å². The lowest BCUT2D eigenvalue weighted by Crippen LogP contribution is -2.08. The van der Waals surface area contributed by atoms with E-state index in [2.05, 4.69) is 6.58 Å². The standard InChI is InChI=1S/C6H6O6.C5H6O4/c7-4(8)1-3(6(11)12)2-5(9)10;1-3(5(8)9)2-4(6)7/h1H,2H2,(H,7,8)(H,9,10)(H,11,12);1-2H2,(H,6,7)(H,8,9)/b3-1+;. The van der Waals surface area contributed by atoms with Gasteiger partial charge in [0.1, 0.15) is 0 Å². The summed E-state index contributed by atoms with van der Waals surface area (Å²) in [6.45, 7) is 3.01. The van der Waals surface area contributed by atoms with Crippen LogP contribution in [0.2, 0.25) is 0 Å². The summed E-state index contributed by atoms with van der Waals surface area (Å²) in [5.41, 5.74) is -0.961. The lowest BCUT2D eigenvalue weighted by Gasteiger charge is -1.94. The van der Waals surface area contributed by atoms with E-state index in [9.17, 15) is 24.0 Å². The molecule has 0 spiro atoms. The summed E-state index contributed by atoms with van der Waals surface area (Å²) in [6.07, 6.45) is -0.951. The van der Waals surface area contributed by atoms with Crippen LogP contribution < -0.4 is 0 Å². The third kappa shape index (κ3) is 13.1. The van der Waals surface area contributed by atoms with Crippen LogP contribution in [0.3, 0.4) is 0 Å². The van der Waals surface area contributed by atoms with E-state index in [0.29, 0.717) is 6.08 Å². The van der Waals surface area contributed by atoms with E-state index < -0.39 is 48.3 Å². The summed E-state index contributed by atoms with van der Waals surface area (Å²) in [4.78, 5) is 49.8. The number of carboxylic acids is 5. The van der Waals surface area contributed by atoms with Crippen LogP contribution in [0.5, 0.6) is 0 Å². The molecule has 0 fully saturated rings. The fraction of sp³-hybridized carbons (Fsp3) is 0.182. The van der Waals surface area contributed by atoms with E-state index in [1.165, 1.54) is 0 Å². The summed E-state index contributed by atoms with van der Waals surface area (Å²) >= 11 is 0. The van der Waals surface area contributed by atoms with Crippen molar-refractivity contribution < 1.29 is 49.5 Å². The second kappa shape index (κ2) is 9.72. The first-order chi connectivity index (χ1) is 9.47. The highest BCUT2D eigenvalue weighted by Crippen LogP contribution is 2.00. The smallest absolute Gasteiger partial charge is 0.332 e. The molecule has 0 aromatic rings. The number of rotatable bonds is 7. The van der Waals surface area contributed by atoms with Gasteiger partial charge >= 0.3 is 29.8 Å². The van der Waals surface area contributed by atoms with Crippen LogP contribution in [-0.2, 0) is 24.0 Å². The molecule has 0 amide bonds. The summed E-state index contributed by atoms with van der Waals surface area (Å²) in [5, 5.41) is 40.6. The summed E-state index contributed by atoms with van der Waals surface area (Å²) in [6, 6.07) is 0. The molecule has 0 saturated heterocycles. The van der Waals surface area contributed by atoms with Gasteiger partial charge in [-0.3, -0.25) is 9.59 Å². The number of carboxylic acid groups (broad SMARTS) is 5. The molecule has 0 atom stereocenters. The minimum absolute atomic E-state index is 0.303. The third-order valence-corrected chi connectivity index (χ3v) is 1.58. The third-order valence-electron chi connectivity index (χ3n) is 1.58. The first-order valence-electron chi connectivity index (χ1n) is 4.98. The molecule has 0 radical (unpaired) electrons. The molecule has 0 aliphatic rings. The maximum Gasteiger partial charge on any atom is 0.332 e. The Morgan fingerprint density at radius 1 is 0.762 bits per heavy atom. The van der Waals surface area contributed by atoms with Crippen LogP contribution >= 0.6 is 0 Å². The van der Waals surface area contributed by atoms with Gasteiger partial charge < -0.3 is 25.5 Å². The van der Waals surface area contributed by atoms with Crippen LogP contribution in [-0.4, -0.2) is 55.4 Å². The highest BCUT2D eigenvalue weighted by molar-refractivity contribution is 5.98. The molecule has 0 bridgehead atoms. The molecule has 21 heavy (non-hydrogen) atoms. The van der Waals surface area contributed by atoms with E-state index in [1.54, 1.807) is 0 Å². The Morgan fingerprint density at radius 3 is 1.38 bits per heavy atom. The van der Waals surface area contributed by atoms with Crippen LogP contribution in [0, 0.1) is 0 Å². The Labute approximate surface area is 117 Å². The molecule has 0 aromatic carbocycles. The lowest BCUT2D eigenvalue weighted by molar-refractivity contribution is -0.140. The molecule has 0 aromatic heterocycles. The summed E-state index contributed by atoms with van der Waals surface area (Å²) in [7, 11) is 0. The SMILES string of the molecule is C=C(CC(=O)O)C(=O)O.O=C(O)/C=C(\CC(=O)O)C(=O)O. The monoisotopic (exact) mass is 304 g/mol. The van der Waals surface area contributed by atoms with Crippen molar-refractivity contribution in [3.05, 3.63) is 23.8 Å². The fourth-order valence-electron chi connectivity index (χ4n) is 0.759. The van der Waals surface area contributed by atoms with Gasteiger partial charge in [-0.1, -0.05) is 6.58 Å². The average Bonchev–Trinajstić information content (AvgIpc) is 2.26. The van der Waals surface area contributed by atoms with Gasteiger partial charge in [-0.05, 0) is 0 Å². The largest absolute Gasteiger partial charge is 0.481 e. The highest BCUT2D eigenvalue weighted by atomic mass is 16.4. The first kappa shape index (κ1) is 20.2. The second-order valence-electron chi connectivity index (χ2n) is 3.36. The zero-order chi connectivity index (χ0) is 17.2. The molecule has 10 heteroatoms. The van der Waals surface area contributed by atoms with Gasteiger partial charge in [0.2, 0.25) is 0 Å². The lowest BCUT2D eigenvalue weighted by atomic mass is 10.2. The number of aliphatic carboxylic acids is 5. The van der Waals surface area contributed by atoms with E-state index >= 15 is 0 Å². The molecule has 116 valence electrons. The van der Waals surface area contributed by atoms with Crippen LogP contribution in [0.25, 0.3) is 0 Å². The average molecular weight is 304 g/mol. The van der Waals surface area contributed by atoms with E-state index in [4.69, 9.17) is 25.5 Å². The second-order valence-corrected chi connectivity index (χ2v) is 3.36. The van der Waals surface area contributed by atoms with Crippen LogP contribution in [0.4, 0.5) is 0 Å². The van der Waals surface area contributed by atoms with Crippen molar-refractivity contribution in [2.45, 2.75) is 12.8 Å². The predicted octanol–water partition coefficient (Wildman–Crippen LogP) is -0.341. The van der Waals surface area contributed by atoms with E-state index in [-0.39, 0.29) is 5.57 Å². The Hall–Kier alpha value is -3.17. The van der Waals surface area contributed by atoms with Crippen molar-refractivity contribution >= 4 is 29.8 Å². The summed E-state index contributed by atoms with van der Waals surface area (Å²) < 4.78 is 0. The Balaban J connectivity index is 0. The molecule has 0 rings (SSSR count). The summed E-state index contributed by atoms with van der Waals surface area (Å²) in [5.74, 6) is -6.85. The van der Waals surface area contributed by atoms with E-state index in [0.717, 1.165) is 0 Å². The van der Waals surface area contributed by atoms with Crippen molar-refractivity contribution in [3.63, 3.8) is 0 Å². The van der Waals surface area contributed by atoms with Gasteiger partial charge in [-0.2, -0.15) is 0 Å². The highest BCUT2D eigenvalue weighted by Gasteiger charge is 2.13. The van der Waals surface area contributed by atoms with Crippen LogP contribution in [0.15, 0.2) is 23.8 Å². The van der Waals surface area contributed by atoms with Crippen LogP contribution in [0.1, 0.15) is 12.8 Å². The molecular formula is C11H12O10. The number of hydrogen-bond donors (Lipinski definition) is 5. The van der Waals surface area contributed by atoms with Gasteiger partial charge in [0.25, 0.3) is 0 Å². The van der Waals surface area contributed by atoms with Crippen molar-refractivity contribution in [2.24, 2.45) is 0 Å². The predicted molar refractivity (Wildman–Crippen MR) is 64.6 cm³/mol. The zero-order valence-corrected chi connectivity index (χ0v) is 10.5. The molecular weight excluding hydrogens is 292 g/mol. The minimum Gasteiger partial charge on any atom is -0.481 e. The molecule has 0 aliphatic heterocycles. The molecule has 0 heterocycles. The van der Waals surface area contributed by atoms with Crippen molar-refractivity contribution in [1.82, 2.24) is 0 Å². The normalized spacial score (nSPS) is 9.81. The molecule has 0 unspecified atom stereocenters. The fourth-order valence-corrected chi connectivity index (χ4v) is 0.759. The van der Waals surface area contributed by atoms with Crippen molar-refractivity contribution in [2.75, 3.05) is 0 Å². The molecule has 5 N–H and O–H groups in total. The van der Waals surface area contributed by atoms with Gasteiger partial charge in [0.05, 0.1) is 18.4 Å². The zero-order valence-electron chi connectivity index (χ0n) is 10.5. The minimum atomic E-state index is -1.54. The molecule has 0 saturated carbocycles. The molecule has 10 nitrogen and oxygen atoms in total. The maximum atomic E-state index is 10.2. The number of carbonyl (C=O) groups is 5.